The zero-order valence-corrected chi connectivity index (χ0v) is 12.8. The van der Waals surface area contributed by atoms with Crippen LogP contribution >= 0.6 is 0 Å². The van der Waals surface area contributed by atoms with Crippen LogP contribution in [-0.4, -0.2) is 55.1 Å². The molecule has 0 unspecified atom stereocenters. The van der Waals surface area contributed by atoms with Crippen LogP contribution in [-0.2, 0) is 14.3 Å². The van der Waals surface area contributed by atoms with Crippen molar-refractivity contribution < 1.29 is 19.1 Å². The molecule has 0 atom stereocenters. The number of ether oxygens (including phenoxy) is 1. The summed E-state index contributed by atoms with van der Waals surface area (Å²) in [6, 6.07) is 0.115. The predicted octanol–water partition coefficient (Wildman–Crippen LogP) is 0.640. The third kappa shape index (κ3) is 6.97. The number of hydrogen-bond donors (Lipinski definition) is 2. The lowest BCUT2D eigenvalue weighted by Crippen LogP contribution is -2.46. The zero-order chi connectivity index (χ0) is 15.7. The Labute approximate surface area is 125 Å². The molecule has 0 aliphatic carbocycles. The van der Waals surface area contributed by atoms with Crippen molar-refractivity contribution >= 4 is 17.9 Å². The standard InChI is InChI=1S/C14H25N3O4/c1-3-21-14(20)17-9-6-12(7-10-17)16-13(19)5-4-8-15-11(2)18/h12H,3-10H2,1-2H3,(H,15,18)(H,16,19). The second-order valence-electron chi connectivity index (χ2n) is 5.11. The van der Waals surface area contributed by atoms with Crippen molar-refractivity contribution in [2.75, 3.05) is 26.2 Å². The zero-order valence-electron chi connectivity index (χ0n) is 12.8. The number of nitrogens with one attached hydrogen (secondary N) is 2. The molecule has 0 radical (unpaired) electrons. The summed E-state index contributed by atoms with van der Waals surface area (Å²) in [5, 5.41) is 5.63. The van der Waals surface area contributed by atoms with E-state index in [0.29, 0.717) is 39.1 Å². The van der Waals surface area contributed by atoms with Gasteiger partial charge in [0.1, 0.15) is 0 Å². The number of likely N-dealkylation sites (tertiary alicyclic amines) is 1. The molecule has 7 nitrogen and oxygen atoms in total. The summed E-state index contributed by atoms with van der Waals surface area (Å²) in [6.45, 7) is 5.35. The van der Waals surface area contributed by atoms with E-state index in [-0.39, 0.29) is 23.9 Å². The minimum Gasteiger partial charge on any atom is -0.450 e. The molecule has 3 amide bonds. The molecule has 120 valence electrons. The van der Waals surface area contributed by atoms with E-state index in [1.807, 2.05) is 0 Å². The second kappa shape index (κ2) is 9.20. The van der Waals surface area contributed by atoms with E-state index in [2.05, 4.69) is 10.6 Å². The molecular formula is C14H25N3O4. The first-order valence-electron chi connectivity index (χ1n) is 7.48. The van der Waals surface area contributed by atoms with Gasteiger partial charge in [0, 0.05) is 39.0 Å². The van der Waals surface area contributed by atoms with Crippen molar-refractivity contribution in [1.82, 2.24) is 15.5 Å². The Kier molecular flexibility index (Phi) is 7.56. The predicted molar refractivity (Wildman–Crippen MR) is 77.7 cm³/mol. The molecule has 0 saturated carbocycles. The highest BCUT2D eigenvalue weighted by Gasteiger charge is 2.24. The minimum absolute atomic E-state index is 0.00469. The third-order valence-corrected chi connectivity index (χ3v) is 3.34. The molecule has 21 heavy (non-hydrogen) atoms. The van der Waals surface area contributed by atoms with Crippen LogP contribution in [0.25, 0.3) is 0 Å². The second-order valence-corrected chi connectivity index (χ2v) is 5.11. The first kappa shape index (κ1) is 17.3. The molecule has 1 rings (SSSR count). The molecule has 0 aromatic rings. The lowest BCUT2D eigenvalue weighted by Gasteiger charge is -2.31. The van der Waals surface area contributed by atoms with Gasteiger partial charge >= 0.3 is 6.09 Å². The fourth-order valence-corrected chi connectivity index (χ4v) is 2.23. The topological polar surface area (TPSA) is 87.7 Å². The van der Waals surface area contributed by atoms with E-state index in [1.165, 1.54) is 6.92 Å². The van der Waals surface area contributed by atoms with Crippen LogP contribution < -0.4 is 10.6 Å². The van der Waals surface area contributed by atoms with Crippen molar-refractivity contribution in [2.24, 2.45) is 0 Å². The smallest absolute Gasteiger partial charge is 0.409 e. The number of carbonyl (C=O) groups is 3. The van der Waals surface area contributed by atoms with Gasteiger partial charge in [-0.25, -0.2) is 4.79 Å². The van der Waals surface area contributed by atoms with Gasteiger partial charge in [0.05, 0.1) is 6.61 Å². The lowest BCUT2D eigenvalue weighted by molar-refractivity contribution is -0.123. The summed E-state index contributed by atoms with van der Waals surface area (Å²) >= 11 is 0. The maximum Gasteiger partial charge on any atom is 0.409 e. The molecule has 0 spiro atoms. The molecule has 2 N–H and O–H groups in total. The summed E-state index contributed by atoms with van der Waals surface area (Å²) in [7, 11) is 0. The Hall–Kier alpha value is -1.79. The number of hydrogen-bond acceptors (Lipinski definition) is 4. The number of carbonyl (C=O) groups excluding carboxylic acids is 3. The van der Waals surface area contributed by atoms with Crippen molar-refractivity contribution in [3.05, 3.63) is 0 Å². The van der Waals surface area contributed by atoms with Crippen LogP contribution in [0.2, 0.25) is 0 Å². The van der Waals surface area contributed by atoms with Crippen LogP contribution in [0, 0.1) is 0 Å². The number of rotatable bonds is 6. The molecule has 1 fully saturated rings. The third-order valence-electron chi connectivity index (χ3n) is 3.34. The molecule has 1 heterocycles. The summed E-state index contributed by atoms with van der Waals surface area (Å²) in [5.74, 6) is -0.0864. The lowest BCUT2D eigenvalue weighted by atomic mass is 10.1. The molecule has 1 saturated heterocycles. The van der Waals surface area contributed by atoms with Crippen molar-refractivity contribution in [3.8, 4) is 0 Å². The first-order chi connectivity index (χ1) is 10.0. The Bertz CT molecular complexity index is 365. The van der Waals surface area contributed by atoms with Crippen molar-refractivity contribution in [3.63, 3.8) is 0 Å². The van der Waals surface area contributed by atoms with Crippen molar-refractivity contribution in [1.29, 1.82) is 0 Å². The fourth-order valence-electron chi connectivity index (χ4n) is 2.23. The van der Waals surface area contributed by atoms with Crippen LogP contribution in [0.5, 0.6) is 0 Å². The Morgan fingerprint density at radius 1 is 1.24 bits per heavy atom. The summed E-state index contributed by atoms with van der Waals surface area (Å²) in [5.41, 5.74) is 0. The number of amides is 3. The largest absolute Gasteiger partial charge is 0.450 e. The normalized spacial score (nSPS) is 15.4. The van der Waals surface area contributed by atoms with Crippen LogP contribution in [0.1, 0.15) is 39.5 Å². The number of nitrogens with zero attached hydrogens (tertiary/aromatic N) is 1. The summed E-state index contributed by atoms with van der Waals surface area (Å²) < 4.78 is 4.95. The molecular weight excluding hydrogens is 274 g/mol. The molecule has 1 aliphatic rings. The van der Waals surface area contributed by atoms with Gasteiger partial charge in [0.25, 0.3) is 0 Å². The maximum atomic E-state index is 11.7. The van der Waals surface area contributed by atoms with Crippen molar-refractivity contribution in [2.45, 2.75) is 45.6 Å². The van der Waals surface area contributed by atoms with Crippen LogP contribution in [0.15, 0.2) is 0 Å². The van der Waals surface area contributed by atoms with Gasteiger partial charge in [-0.2, -0.15) is 0 Å². The SMILES string of the molecule is CCOC(=O)N1CCC(NC(=O)CCCNC(C)=O)CC1. The van der Waals surface area contributed by atoms with Gasteiger partial charge in [-0.15, -0.1) is 0 Å². The Morgan fingerprint density at radius 2 is 1.90 bits per heavy atom. The average Bonchev–Trinajstić information content (AvgIpc) is 2.44. The molecule has 0 aromatic heterocycles. The van der Waals surface area contributed by atoms with E-state index in [0.717, 1.165) is 12.8 Å². The molecule has 0 aromatic carbocycles. The average molecular weight is 299 g/mol. The van der Waals surface area contributed by atoms with Gasteiger partial charge in [0.2, 0.25) is 11.8 Å². The minimum atomic E-state index is -0.280. The van der Waals surface area contributed by atoms with E-state index in [1.54, 1.807) is 11.8 Å². The number of piperidine rings is 1. The summed E-state index contributed by atoms with van der Waals surface area (Å²) in [6.07, 6.45) is 2.25. The molecule has 0 bridgehead atoms. The Balaban J connectivity index is 2.15. The van der Waals surface area contributed by atoms with E-state index in [9.17, 15) is 14.4 Å². The maximum absolute atomic E-state index is 11.7. The van der Waals surface area contributed by atoms with Gasteiger partial charge in [0.15, 0.2) is 0 Å². The van der Waals surface area contributed by atoms with Gasteiger partial charge < -0.3 is 20.3 Å². The highest BCUT2D eigenvalue weighted by molar-refractivity contribution is 5.76. The highest BCUT2D eigenvalue weighted by atomic mass is 16.6. The molecule has 7 heteroatoms. The fraction of sp³-hybridized carbons (Fsp3) is 0.786. The van der Waals surface area contributed by atoms with Crippen LogP contribution in [0.4, 0.5) is 4.79 Å². The monoisotopic (exact) mass is 299 g/mol. The quantitative estimate of drug-likeness (QED) is 0.705. The van der Waals surface area contributed by atoms with E-state index < -0.39 is 0 Å². The summed E-state index contributed by atoms with van der Waals surface area (Å²) in [4.78, 5) is 35.6. The van der Waals surface area contributed by atoms with E-state index in [4.69, 9.17) is 4.74 Å². The first-order valence-corrected chi connectivity index (χ1v) is 7.48. The highest BCUT2D eigenvalue weighted by Crippen LogP contribution is 2.11. The van der Waals surface area contributed by atoms with Crippen LogP contribution in [0.3, 0.4) is 0 Å². The van der Waals surface area contributed by atoms with Gasteiger partial charge in [-0.1, -0.05) is 0 Å². The van der Waals surface area contributed by atoms with E-state index >= 15 is 0 Å². The Morgan fingerprint density at radius 3 is 2.48 bits per heavy atom. The van der Waals surface area contributed by atoms with Gasteiger partial charge in [-0.3, -0.25) is 9.59 Å². The molecule has 1 aliphatic heterocycles. The van der Waals surface area contributed by atoms with Gasteiger partial charge in [-0.05, 0) is 26.2 Å².